The minimum absolute atomic E-state index is 0.0757. The number of nitrogens with two attached hydrogens (primary N) is 1. The third-order valence-corrected chi connectivity index (χ3v) is 3.37. The molecule has 0 aliphatic carbocycles. The summed E-state index contributed by atoms with van der Waals surface area (Å²) in [6, 6.07) is 0.243. The molecule has 1 aromatic rings. The van der Waals surface area contributed by atoms with E-state index in [0.717, 1.165) is 24.3 Å². The van der Waals surface area contributed by atoms with Gasteiger partial charge in [-0.15, -0.1) is 11.3 Å². The van der Waals surface area contributed by atoms with Gasteiger partial charge in [0.15, 0.2) is 0 Å². The fourth-order valence-corrected chi connectivity index (χ4v) is 2.20. The zero-order valence-corrected chi connectivity index (χ0v) is 10.6. The molecule has 0 aliphatic rings. The third kappa shape index (κ3) is 3.57. The van der Waals surface area contributed by atoms with Gasteiger partial charge in [0.25, 0.3) is 5.91 Å². The minimum atomic E-state index is -0.0757. The Kier molecular flexibility index (Phi) is 5.42. The van der Waals surface area contributed by atoms with Crippen molar-refractivity contribution < 1.29 is 4.79 Å². The Bertz CT molecular complexity index is 334. The number of hydrogen-bond acceptors (Lipinski definition) is 4. The van der Waals surface area contributed by atoms with Crippen LogP contribution in [0.4, 0.5) is 0 Å². The van der Waals surface area contributed by atoms with Crippen molar-refractivity contribution >= 4 is 17.2 Å². The second-order valence-electron chi connectivity index (χ2n) is 3.65. The second kappa shape index (κ2) is 6.60. The maximum absolute atomic E-state index is 11.8. The fourth-order valence-electron chi connectivity index (χ4n) is 1.41. The summed E-state index contributed by atoms with van der Waals surface area (Å²) < 4.78 is 0. The largest absolute Gasteiger partial charge is 0.348 e. The highest BCUT2D eigenvalue weighted by Gasteiger charge is 2.13. The standard InChI is InChI=1S/C11H19N3OS/c1-3-8(4-2)13-11(15)9-7-16-10(14-9)5-6-12/h7-8H,3-6,12H2,1-2H3,(H,13,15). The van der Waals surface area contributed by atoms with Gasteiger partial charge in [0.2, 0.25) is 0 Å². The van der Waals surface area contributed by atoms with Gasteiger partial charge in [0.1, 0.15) is 5.69 Å². The third-order valence-electron chi connectivity index (χ3n) is 2.46. The molecule has 0 saturated carbocycles. The monoisotopic (exact) mass is 241 g/mol. The molecule has 1 rings (SSSR count). The molecule has 0 unspecified atom stereocenters. The summed E-state index contributed by atoms with van der Waals surface area (Å²) in [6.45, 7) is 4.70. The van der Waals surface area contributed by atoms with Crippen LogP contribution in [0.3, 0.4) is 0 Å². The van der Waals surface area contributed by atoms with E-state index in [-0.39, 0.29) is 11.9 Å². The SMILES string of the molecule is CCC(CC)NC(=O)c1csc(CCN)n1. The maximum atomic E-state index is 11.8. The Morgan fingerprint density at radius 1 is 1.56 bits per heavy atom. The summed E-state index contributed by atoms with van der Waals surface area (Å²) in [6.07, 6.45) is 2.63. The molecular weight excluding hydrogens is 222 g/mol. The van der Waals surface area contributed by atoms with E-state index < -0.39 is 0 Å². The molecule has 1 heterocycles. The molecule has 16 heavy (non-hydrogen) atoms. The molecule has 1 amide bonds. The number of hydrogen-bond donors (Lipinski definition) is 2. The van der Waals surface area contributed by atoms with Crippen LogP contribution in [0.2, 0.25) is 0 Å². The van der Waals surface area contributed by atoms with Crippen LogP contribution in [0.25, 0.3) is 0 Å². The lowest BCUT2D eigenvalue weighted by atomic mass is 10.2. The Hall–Kier alpha value is -0.940. The lowest BCUT2D eigenvalue weighted by Crippen LogP contribution is -2.34. The average Bonchev–Trinajstić information content (AvgIpc) is 2.74. The van der Waals surface area contributed by atoms with Crippen LogP contribution in [0.1, 0.15) is 42.2 Å². The quantitative estimate of drug-likeness (QED) is 0.794. The van der Waals surface area contributed by atoms with Crippen LogP contribution in [-0.4, -0.2) is 23.5 Å². The summed E-state index contributed by atoms with van der Waals surface area (Å²) in [5.41, 5.74) is 5.95. The zero-order chi connectivity index (χ0) is 12.0. The number of amides is 1. The maximum Gasteiger partial charge on any atom is 0.270 e. The Morgan fingerprint density at radius 2 is 2.25 bits per heavy atom. The molecule has 1 aromatic heterocycles. The molecule has 4 nitrogen and oxygen atoms in total. The molecule has 0 aromatic carbocycles. The fraction of sp³-hybridized carbons (Fsp3) is 0.636. The van der Waals surface area contributed by atoms with Crippen LogP contribution in [-0.2, 0) is 6.42 Å². The summed E-state index contributed by atoms with van der Waals surface area (Å²) in [5, 5.41) is 5.68. The molecule has 0 bridgehead atoms. The first-order valence-corrected chi connectivity index (χ1v) is 6.54. The van der Waals surface area contributed by atoms with Gasteiger partial charge in [-0.1, -0.05) is 13.8 Å². The molecule has 0 fully saturated rings. The van der Waals surface area contributed by atoms with Crippen molar-refractivity contribution in [1.29, 1.82) is 0 Å². The van der Waals surface area contributed by atoms with Gasteiger partial charge < -0.3 is 11.1 Å². The summed E-state index contributed by atoms with van der Waals surface area (Å²) >= 11 is 1.49. The number of nitrogens with one attached hydrogen (secondary N) is 1. The van der Waals surface area contributed by atoms with Crippen LogP contribution < -0.4 is 11.1 Å². The first kappa shape index (κ1) is 13.1. The highest BCUT2D eigenvalue weighted by Crippen LogP contribution is 2.10. The normalized spacial score (nSPS) is 10.8. The lowest BCUT2D eigenvalue weighted by molar-refractivity contribution is 0.0930. The first-order chi connectivity index (χ1) is 7.71. The molecule has 0 saturated heterocycles. The topological polar surface area (TPSA) is 68.0 Å². The molecule has 5 heteroatoms. The van der Waals surface area contributed by atoms with Crippen molar-refractivity contribution in [2.75, 3.05) is 6.54 Å². The van der Waals surface area contributed by atoms with Crippen LogP contribution in [0.5, 0.6) is 0 Å². The van der Waals surface area contributed by atoms with Crippen molar-refractivity contribution in [3.63, 3.8) is 0 Å². The number of carbonyl (C=O) groups is 1. The number of carbonyl (C=O) groups excluding carboxylic acids is 1. The molecule has 0 atom stereocenters. The smallest absolute Gasteiger partial charge is 0.270 e. The van der Waals surface area contributed by atoms with Crippen molar-refractivity contribution in [3.05, 3.63) is 16.1 Å². The van der Waals surface area contributed by atoms with Gasteiger partial charge in [0.05, 0.1) is 5.01 Å². The van der Waals surface area contributed by atoms with Crippen LogP contribution in [0, 0.1) is 0 Å². The van der Waals surface area contributed by atoms with E-state index in [1.165, 1.54) is 11.3 Å². The van der Waals surface area contributed by atoms with E-state index >= 15 is 0 Å². The molecule has 0 radical (unpaired) electrons. The number of rotatable bonds is 6. The van der Waals surface area contributed by atoms with Gasteiger partial charge in [-0.2, -0.15) is 0 Å². The predicted octanol–water partition coefficient (Wildman–Crippen LogP) is 1.56. The number of nitrogens with zero attached hydrogens (tertiary/aromatic N) is 1. The number of aromatic nitrogens is 1. The van der Waals surface area contributed by atoms with Gasteiger partial charge in [-0.25, -0.2) is 4.98 Å². The van der Waals surface area contributed by atoms with E-state index in [2.05, 4.69) is 24.1 Å². The molecule has 90 valence electrons. The average molecular weight is 241 g/mol. The highest BCUT2D eigenvalue weighted by atomic mass is 32.1. The summed E-state index contributed by atoms with van der Waals surface area (Å²) in [4.78, 5) is 16.0. The van der Waals surface area contributed by atoms with Gasteiger partial charge in [-0.3, -0.25) is 4.79 Å². The second-order valence-corrected chi connectivity index (χ2v) is 4.59. The molecule has 3 N–H and O–H groups in total. The van der Waals surface area contributed by atoms with E-state index in [9.17, 15) is 4.79 Å². The summed E-state index contributed by atoms with van der Waals surface area (Å²) in [7, 11) is 0. The Morgan fingerprint density at radius 3 is 2.81 bits per heavy atom. The Balaban J connectivity index is 2.58. The molecule has 0 aliphatic heterocycles. The predicted molar refractivity (Wildman–Crippen MR) is 66.7 cm³/mol. The van der Waals surface area contributed by atoms with Crippen molar-refractivity contribution in [2.45, 2.75) is 39.2 Å². The van der Waals surface area contributed by atoms with E-state index in [1.54, 1.807) is 5.38 Å². The van der Waals surface area contributed by atoms with Crippen LogP contribution in [0.15, 0.2) is 5.38 Å². The van der Waals surface area contributed by atoms with E-state index in [0.29, 0.717) is 12.2 Å². The van der Waals surface area contributed by atoms with Crippen molar-refractivity contribution in [3.8, 4) is 0 Å². The van der Waals surface area contributed by atoms with Crippen molar-refractivity contribution in [1.82, 2.24) is 10.3 Å². The van der Waals surface area contributed by atoms with Gasteiger partial charge in [0, 0.05) is 17.8 Å². The van der Waals surface area contributed by atoms with Crippen molar-refractivity contribution in [2.24, 2.45) is 5.73 Å². The van der Waals surface area contributed by atoms with Crippen LogP contribution >= 0.6 is 11.3 Å². The molecular formula is C11H19N3OS. The van der Waals surface area contributed by atoms with Gasteiger partial charge >= 0.3 is 0 Å². The number of thiazole rings is 1. The zero-order valence-electron chi connectivity index (χ0n) is 9.82. The van der Waals surface area contributed by atoms with E-state index in [4.69, 9.17) is 5.73 Å². The lowest BCUT2D eigenvalue weighted by Gasteiger charge is -2.13. The summed E-state index contributed by atoms with van der Waals surface area (Å²) in [5.74, 6) is -0.0757. The Labute approximate surface area is 100 Å². The van der Waals surface area contributed by atoms with Gasteiger partial charge in [-0.05, 0) is 19.4 Å². The minimum Gasteiger partial charge on any atom is -0.348 e. The first-order valence-electron chi connectivity index (χ1n) is 5.66. The van der Waals surface area contributed by atoms with E-state index in [1.807, 2.05) is 0 Å². The highest BCUT2D eigenvalue weighted by molar-refractivity contribution is 7.09. The molecule has 0 spiro atoms.